The third-order valence-corrected chi connectivity index (χ3v) is 6.08. The summed E-state index contributed by atoms with van der Waals surface area (Å²) in [5.74, 6) is -1.03. The molecule has 0 radical (unpaired) electrons. The topological polar surface area (TPSA) is 57.5 Å². The van der Waals surface area contributed by atoms with Crippen LogP contribution in [0.1, 0.15) is 22.3 Å². The molecular weight excluding hydrogens is 357 g/mol. The van der Waals surface area contributed by atoms with E-state index in [-0.39, 0.29) is 11.1 Å². The molecule has 3 nitrogen and oxygen atoms in total. The maximum Gasteiger partial charge on any atom is 0.344 e. The molecule has 3 rings (SSSR count). The van der Waals surface area contributed by atoms with Crippen LogP contribution >= 0.6 is 7.60 Å². The molecule has 0 aliphatic carbocycles. The maximum atomic E-state index is 13.4. The van der Waals surface area contributed by atoms with Crippen molar-refractivity contribution in [1.82, 2.24) is 0 Å². The molecule has 0 saturated heterocycles. The largest absolute Gasteiger partial charge is 0.344 e. The third kappa shape index (κ3) is 3.10. The van der Waals surface area contributed by atoms with E-state index in [2.05, 4.69) is 0 Å². The van der Waals surface area contributed by atoms with Crippen molar-refractivity contribution in [2.75, 3.05) is 0 Å². The molecule has 0 spiro atoms. The lowest BCUT2D eigenvalue weighted by Crippen LogP contribution is -2.29. The van der Waals surface area contributed by atoms with Crippen LogP contribution in [0.2, 0.25) is 0 Å². The summed E-state index contributed by atoms with van der Waals surface area (Å²) in [5, 5.41) is -1.87. The monoisotopic (exact) mass is 374 g/mol. The fourth-order valence-corrected chi connectivity index (χ4v) is 4.64. The average molecular weight is 374 g/mol. The fraction of sp³-hybridized carbons (Fsp3) is 0.100. The highest BCUT2D eigenvalue weighted by Crippen LogP contribution is 2.64. The van der Waals surface area contributed by atoms with Gasteiger partial charge in [-0.15, -0.1) is 0 Å². The first-order chi connectivity index (χ1) is 12.2. The van der Waals surface area contributed by atoms with Crippen molar-refractivity contribution >= 4 is 7.60 Å². The molecular formula is C20H17F2O3P. The number of hydrogen-bond donors (Lipinski definition) is 2. The third-order valence-electron chi connectivity index (χ3n) is 4.43. The summed E-state index contributed by atoms with van der Waals surface area (Å²) in [5.41, 5.74) is 1.71. The highest BCUT2D eigenvalue weighted by Gasteiger charge is 2.51. The Labute approximate surface area is 150 Å². The first-order valence-electron chi connectivity index (χ1n) is 7.90. The van der Waals surface area contributed by atoms with E-state index in [9.17, 15) is 23.1 Å². The Morgan fingerprint density at radius 3 is 1.31 bits per heavy atom. The lowest BCUT2D eigenvalue weighted by Gasteiger charge is -2.36. The van der Waals surface area contributed by atoms with Gasteiger partial charge in [-0.05, 0) is 47.9 Å². The van der Waals surface area contributed by atoms with E-state index in [0.29, 0.717) is 5.56 Å². The molecule has 0 heterocycles. The van der Waals surface area contributed by atoms with Gasteiger partial charge in [0.2, 0.25) is 0 Å². The number of aryl methyl sites for hydroxylation is 1. The van der Waals surface area contributed by atoms with Crippen LogP contribution in [0.3, 0.4) is 0 Å². The normalized spacial score (nSPS) is 12.2. The summed E-state index contributed by atoms with van der Waals surface area (Å²) in [6.45, 7) is 1.86. The maximum absolute atomic E-state index is 13.4. The predicted molar refractivity (Wildman–Crippen MR) is 95.9 cm³/mol. The van der Waals surface area contributed by atoms with Gasteiger partial charge in [-0.3, -0.25) is 4.57 Å². The predicted octanol–water partition coefficient (Wildman–Crippen LogP) is 4.74. The van der Waals surface area contributed by atoms with Gasteiger partial charge in [-0.25, -0.2) is 8.78 Å². The molecule has 0 aliphatic heterocycles. The zero-order valence-corrected chi connectivity index (χ0v) is 14.8. The quantitative estimate of drug-likeness (QED) is 0.512. The average Bonchev–Trinajstić information content (AvgIpc) is 2.59. The Kier molecular flexibility index (Phi) is 4.80. The molecule has 0 amide bonds. The van der Waals surface area contributed by atoms with E-state index in [1.807, 2.05) is 6.92 Å². The highest BCUT2D eigenvalue weighted by molar-refractivity contribution is 7.53. The zero-order chi connectivity index (χ0) is 18.9. The molecule has 0 saturated carbocycles. The smallest absolute Gasteiger partial charge is 0.323 e. The van der Waals surface area contributed by atoms with Crippen LogP contribution in [0, 0.1) is 18.6 Å². The van der Waals surface area contributed by atoms with Gasteiger partial charge in [0.1, 0.15) is 16.8 Å². The molecule has 3 aromatic carbocycles. The fourth-order valence-electron chi connectivity index (χ4n) is 3.18. The van der Waals surface area contributed by atoms with Crippen LogP contribution in [0.15, 0.2) is 72.8 Å². The van der Waals surface area contributed by atoms with Gasteiger partial charge < -0.3 is 9.79 Å². The van der Waals surface area contributed by atoms with Crippen molar-refractivity contribution in [2.45, 2.75) is 12.1 Å². The van der Waals surface area contributed by atoms with Crippen LogP contribution in [-0.4, -0.2) is 9.79 Å². The minimum Gasteiger partial charge on any atom is -0.323 e. The highest BCUT2D eigenvalue weighted by atomic mass is 31.2. The van der Waals surface area contributed by atoms with Gasteiger partial charge in [0.15, 0.2) is 0 Å². The molecule has 0 bridgehead atoms. The first-order valence-corrected chi connectivity index (χ1v) is 9.51. The molecule has 2 N–H and O–H groups in total. The Morgan fingerprint density at radius 2 is 1.00 bits per heavy atom. The molecule has 3 aromatic rings. The second-order valence-corrected chi connectivity index (χ2v) is 7.89. The zero-order valence-electron chi connectivity index (χ0n) is 13.9. The van der Waals surface area contributed by atoms with Crippen molar-refractivity contribution < 1.29 is 23.1 Å². The van der Waals surface area contributed by atoms with Crippen LogP contribution in [0.5, 0.6) is 0 Å². The van der Waals surface area contributed by atoms with Gasteiger partial charge in [0.25, 0.3) is 0 Å². The van der Waals surface area contributed by atoms with Gasteiger partial charge in [-0.2, -0.15) is 0 Å². The summed E-state index contributed by atoms with van der Waals surface area (Å²) in [4.78, 5) is 20.8. The molecule has 26 heavy (non-hydrogen) atoms. The van der Waals surface area contributed by atoms with E-state index in [1.54, 1.807) is 24.3 Å². The molecule has 0 fully saturated rings. The second-order valence-electron chi connectivity index (χ2n) is 6.13. The van der Waals surface area contributed by atoms with Crippen LogP contribution in [0.4, 0.5) is 8.78 Å². The SMILES string of the molecule is Cc1ccc(C(c2ccc(F)cc2)(c2ccc(F)cc2)P(=O)(O)O)cc1. The van der Waals surface area contributed by atoms with Gasteiger partial charge in [0, 0.05) is 0 Å². The van der Waals surface area contributed by atoms with Crippen molar-refractivity contribution in [3.8, 4) is 0 Å². The van der Waals surface area contributed by atoms with Gasteiger partial charge in [-0.1, -0.05) is 54.1 Å². The molecule has 6 heteroatoms. The Bertz CT molecular complexity index is 835. The lowest BCUT2D eigenvalue weighted by molar-refractivity contribution is 0.349. The van der Waals surface area contributed by atoms with Crippen LogP contribution in [-0.2, 0) is 9.72 Å². The Balaban J connectivity index is 2.42. The lowest BCUT2D eigenvalue weighted by atomic mass is 9.83. The second kappa shape index (κ2) is 6.76. The van der Waals surface area contributed by atoms with E-state index in [0.717, 1.165) is 29.8 Å². The molecule has 0 aromatic heterocycles. The molecule has 0 atom stereocenters. The van der Waals surface area contributed by atoms with Crippen LogP contribution in [0.25, 0.3) is 0 Å². The summed E-state index contributed by atoms with van der Waals surface area (Å²) in [7, 11) is -4.86. The van der Waals surface area contributed by atoms with Crippen molar-refractivity contribution in [2.24, 2.45) is 0 Å². The van der Waals surface area contributed by atoms with E-state index in [1.165, 1.54) is 24.3 Å². The summed E-state index contributed by atoms with van der Waals surface area (Å²) in [6, 6.07) is 16.7. The summed E-state index contributed by atoms with van der Waals surface area (Å²) < 4.78 is 39.7. The van der Waals surface area contributed by atoms with Crippen molar-refractivity contribution in [3.05, 3.63) is 107 Å². The van der Waals surface area contributed by atoms with E-state index in [4.69, 9.17) is 0 Å². The standard InChI is InChI=1S/C20H17F2O3P/c1-14-2-4-15(5-3-14)20(26(23,24)25,16-6-10-18(21)11-7-16)17-8-12-19(22)13-9-17/h2-13H,1H3,(H2,23,24,25). The summed E-state index contributed by atoms with van der Waals surface area (Å²) >= 11 is 0. The minimum atomic E-state index is -4.86. The first kappa shape index (κ1) is 18.5. The number of benzene rings is 3. The van der Waals surface area contributed by atoms with E-state index >= 15 is 0 Å². The Hall–Kier alpha value is -2.33. The van der Waals surface area contributed by atoms with E-state index < -0.39 is 24.4 Å². The van der Waals surface area contributed by atoms with Crippen molar-refractivity contribution in [1.29, 1.82) is 0 Å². The molecule has 0 aliphatic rings. The minimum absolute atomic E-state index is 0.225. The Morgan fingerprint density at radius 1 is 0.692 bits per heavy atom. The number of rotatable bonds is 4. The van der Waals surface area contributed by atoms with Crippen molar-refractivity contribution in [3.63, 3.8) is 0 Å². The van der Waals surface area contributed by atoms with Gasteiger partial charge in [0.05, 0.1) is 0 Å². The number of hydrogen-bond acceptors (Lipinski definition) is 1. The number of halogens is 2. The molecule has 134 valence electrons. The summed E-state index contributed by atoms with van der Waals surface area (Å²) in [6.07, 6.45) is 0. The molecule has 0 unspecified atom stereocenters. The van der Waals surface area contributed by atoms with Gasteiger partial charge >= 0.3 is 7.60 Å². The van der Waals surface area contributed by atoms with Crippen LogP contribution < -0.4 is 0 Å².